The van der Waals surface area contributed by atoms with E-state index in [1.54, 1.807) is 12.3 Å². The van der Waals surface area contributed by atoms with Gasteiger partial charge in [-0.25, -0.2) is 4.39 Å². The number of nitrogen functional groups attached to an aromatic ring is 1. The summed E-state index contributed by atoms with van der Waals surface area (Å²) in [5.74, 6) is -0.366. The molecular weight excluding hydrogens is 297 g/mol. The van der Waals surface area contributed by atoms with Gasteiger partial charge in [-0.05, 0) is 40.5 Å². The van der Waals surface area contributed by atoms with Crippen molar-refractivity contribution in [3.05, 3.63) is 52.0 Å². The quantitative estimate of drug-likeness (QED) is 0.853. The van der Waals surface area contributed by atoms with Crippen molar-refractivity contribution >= 4 is 27.3 Å². The Kier molecular flexibility index (Phi) is 3.81. The van der Waals surface area contributed by atoms with Gasteiger partial charge in [0.1, 0.15) is 5.82 Å². The highest BCUT2D eigenvalue weighted by molar-refractivity contribution is 9.10. The number of aromatic nitrogens is 1. The summed E-state index contributed by atoms with van der Waals surface area (Å²) in [6.45, 7) is 2.53. The Labute approximate surface area is 113 Å². The minimum atomic E-state index is -0.366. The van der Waals surface area contributed by atoms with Crippen molar-refractivity contribution in [1.82, 2.24) is 4.98 Å². The molecule has 0 aliphatic rings. The van der Waals surface area contributed by atoms with E-state index in [9.17, 15) is 4.39 Å². The highest BCUT2D eigenvalue weighted by Crippen LogP contribution is 2.26. The normalized spacial score (nSPS) is 10.4. The lowest BCUT2D eigenvalue weighted by Gasteiger charge is -2.10. The lowest BCUT2D eigenvalue weighted by molar-refractivity contribution is 0.622. The zero-order chi connectivity index (χ0) is 13.1. The summed E-state index contributed by atoms with van der Waals surface area (Å²) in [5.41, 5.74) is 8.84. The molecule has 2 aromatic rings. The van der Waals surface area contributed by atoms with E-state index in [1.165, 1.54) is 6.07 Å². The monoisotopic (exact) mass is 309 g/mol. The molecule has 2 rings (SSSR count). The van der Waals surface area contributed by atoms with E-state index >= 15 is 0 Å². The molecule has 0 saturated carbocycles. The van der Waals surface area contributed by atoms with Gasteiger partial charge >= 0.3 is 0 Å². The van der Waals surface area contributed by atoms with Crippen LogP contribution in [0.15, 0.2) is 34.9 Å². The van der Waals surface area contributed by atoms with Crippen LogP contribution in [0.5, 0.6) is 0 Å². The molecule has 0 spiro atoms. The molecule has 94 valence electrons. The lowest BCUT2D eigenvalue weighted by atomic mass is 10.2. The smallest absolute Gasteiger partial charge is 0.139 e. The molecule has 0 fully saturated rings. The minimum Gasteiger partial charge on any atom is -0.397 e. The fraction of sp³-hybridized carbons (Fsp3) is 0.154. The maximum absolute atomic E-state index is 13.2. The van der Waals surface area contributed by atoms with E-state index in [0.717, 1.165) is 11.3 Å². The molecular formula is C13H13BrFN3. The van der Waals surface area contributed by atoms with Crippen molar-refractivity contribution < 1.29 is 4.39 Å². The number of nitrogens with one attached hydrogen (secondary N) is 1. The SMILES string of the molecule is Cc1ccc(CNc2cc(Br)c(F)cc2N)cn1. The van der Waals surface area contributed by atoms with Gasteiger partial charge in [-0.1, -0.05) is 6.07 Å². The number of nitrogens with two attached hydrogens (primary N) is 1. The summed E-state index contributed by atoms with van der Waals surface area (Å²) in [6.07, 6.45) is 1.80. The average molecular weight is 310 g/mol. The molecule has 5 heteroatoms. The summed E-state index contributed by atoms with van der Waals surface area (Å²) in [6, 6.07) is 6.86. The standard InChI is InChI=1S/C13H13BrFN3/c1-8-2-3-9(6-17-8)7-18-13-4-10(14)11(15)5-12(13)16/h2-6,18H,7,16H2,1H3. The van der Waals surface area contributed by atoms with Crippen LogP contribution >= 0.6 is 15.9 Å². The molecule has 1 heterocycles. The van der Waals surface area contributed by atoms with E-state index in [2.05, 4.69) is 26.2 Å². The first kappa shape index (κ1) is 12.8. The number of rotatable bonds is 3. The van der Waals surface area contributed by atoms with E-state index in [1.807, 2.05) is 19.1 Å². The van der Waals surface area contributed by atoms with Gasteiger partial charge in [0, 0.05) is 24.5 Å². The van der Waals surface area contributed by atoms with Crippen LogP contribution in [0, 0.1) is 12.7 Å². The topological polar surface area (TPSA) is 50.9 Å². The van der Waals surface area contributed by atoms with Gasteiger partial charge in [0.25, 0.3) is 0 Å². The van der Waals surface area contributed by atoms with Crippen LogP contribution in [-0.2, 0) is 6.54 Å². The second-order valence-electron chi connectivity index (χ2n) is 4.01. The van der Waals surface area contributed by atoms with Crippen molar-refractivity contribution in [1.29, 1.82) is 0 Å². The fourth-order valence-electron chi connectivity index (χ4n) is 1.52. The van der Waals surface area contributed by atoms with E-state index < -0.39 is 0 Å². The van der Waals surface area contributed by atoms with Crippen LogP contribution in [0.2, 0.25) is 0 Å². The van der Waals surface area contributed by atoms with Crippen molar-refractivity contribution in [3.63, 3.8) is 0 Å². The molecule has 1 aromatic carbocycles. The highest BCUT2D eigenvalue weighted by Gasteiger charge is 2.05. The average Bonchev–Trinajstić information content (AvgIpc) is 2.34. The molecule has 0 bridgehead atoms. The van der Waals surface area contributed by atoms with Crippen molar-refractivity contribution in [3.8, 4) is 0 Å². The highest BCUT2D eigenvalue weighted by atomic mass is 79.9. The number of benzene rings is 1. The molecule has 1 aromatic heterocycles. The van der Waals surface area contributed by atoms with Gasteiger partial charge in [0.15, 0.2) is 0 Å². The van der Waals surface area contributed by atoms with Crippen LogP contribution in [0.25, 0.3) is 0 Å². The molecule has 0 unspecified atom stereocenters. The Morgan fingerprint density at radius 3 is 2.83 bits per heavy atom. The predicted octanol–water partition coefficient (Wildman–Crippen LogP) is 3.49. The molecule has 3 N–H and O–H groups in total. The van der Waals surface area contributed by atoms with Crippen LogP contribution in [-0.4, -0.2) is 4.98 Å². The first-order chi connectivity index (χ1) is 8.56. The summed E-state index contributed by atoms with van der Waals surface area (Å²) in [4.78, 5) is 4.20. The maximum Gasteiger partial charge on any atom is 0.139 e. The van der Waals surface area contributed by atoms with Gasteiger partial charge < -0.3 is 11.1 Å². The van der Waals surface area contributed by atoms with Crippen LogP contribution in [0.1, 0.15) is 11.3 Å². The first-order valence-corrected chi connectivity index (χ1v) is 6.25. The van der Waals surface area contributed by atoms with Crippen molar-refractivity contribution in [2.75, 3.05) is 11.1 Å². The zero-order valence-corrected chi connectivity index (χ0v) is 11.5. The molecule has 0 aliphatic heterocycles. The molecule has 0 aliphatic carbocycles. The van der Waals surface area contributed by atoms with Gasteiger partial charge in [-0.3, -0.25) is 4.98 Å². The third kappa shape index (κ3) is 2.98. The third-order valence-corrected chi connectivity index (χ3v) is 3.16. The van der Waals surface area contributed by atoms with E-state index in [0.29, 0.717) is 22.4 Å². The molecule has 0 atom stereocenters. The molecule has 0 saturated heterocycles. The van der Waals surface area contributed by atoms with Gasteiger partial charge in [0.2, 0.25) is 0 Å². The predicted molar refractivity (Wildman–Crippen MR) is 74.8 cm³/mol. The number of nitrogens with zero attached hydrogens (tertiary/aromatic N) is 1. The Bertz CT molecular complexity index is 555. The molecule has 3 nitrogen and oxygen atoms in total. The number of halogens is 2. The number of hydrogen-bond donors (Lipinski definition) is 2. The Hall–Kier alpha value is -1.62. The Balaban J connectivity index is 2.10. The Morgan fingerprint density at radius 2 is 2.17 bits per heavy atom. The van der Waals surface area contributed by atoms with Crippen LogP contribution in [0.4, 0.5) is 15.8 Å². The summed E-state index contributed by atoms with van der Waals surface area (Å²) < 4.78 is 13.6. The molecule has 0 radical (unpaired) electrons. The summed E-state index contributed by atoms with van der Waals surface area (Å²) in [5, 5.41) is 3.16. The molecule has 0 amide bonds. The van der Waals surface area contributed by atoms with E-state index in [-0.39, 0.29) is 5.82 Å². The number of pyridine rings is 1. The lowest BCUT2D eigenvalue weighted by Crippen LogP contribution is -2.03. The third-order valence-electron chi connectivity index (χ3n) is 2.55. The fourth-order valence-corrected chi connectivity index (χ4v) is 1.86. The van der Waals surface area contributed by atoms with Gasteiger partial charge in [-0.15, -0.1) is 0 Å². The van der Waals surface area contributed by atoms with Gasteiger partial charge in [-0.2, -0.15) is 0 Å². The maximum atomic E-state index is 13.2. The minimum absolute atomic E-state index is 0.366. The van der Waals surface area contributed by atoms with Crippen molar-refractivity contribution in [2.45, 2.75) is 13.5 Å². The van der Waals surface area contributed by atoms with Crippen LogP contribution < -0.4 is 11.1 Å². The Morgan fingerprint density at radius 1 is 1.39 bits per heavy atom. The van der Waals surface area contributed by atoms with E-state index in [4.69, 9.17) is 5.73 Å². The number of anilines is 2. The van der Waals surface area contributed by atoms with Gasteiger partial charge in [0.05, 0.1) is 15.8 Å². The second kappa shape index (κ2) is 5.35. The van der Waals surface area contributed by atoms with Crippen molar-refractivity contribution in [2.24, 2.45) is 0 Å². The first-order valence-electron chi connectivity index (χ1n) is 5.46. The summed E-state index contributed by atoms with van der Waals surface area (Å²) >= 11 is 3.13. The molecule has 18 heavy (non-hydrogen) atoms. The summed E-state index contributed by atoms with van der Waals surface area (Å²) in [7, 11) is 0. The largest absolute Gasteiger partial charge is 0.397 e. The second-order valence-corrected chi connectivity index (χ2v) is 4.87. The number of hydrogen-bond acceptors (Lipinski definition) is 3. The zero-order valence-electron chi connectivity index (χ0n) is 9.87. The van der Waals surface area contributed by atoms with Crippen LogP contribution in [0.3, 0.4) is 0 Å². The number of aryl methyl sites for hydroxylation is 1.